The molecule has 3 N–H and O–H groups in total. The number of rotatable bonds is 6. The first kappa shape index (κ1) is 20.3. The van der Waals surface area contributed by atoms with E-state index in [0.29, 0.717) is 5.75 Å². The minimum Gasteiger partial charge on any atom is -0.508 e. The Morgan fingerprint density at radius 3 is 2.50 bits per heavy atom. The van der Waals surface area contributed by atoms with Gasteiger partial charge in [-0.05, 0) is 56.5 Å². The number of aromatic hydroxyl groups is 1. The Morgan fingerprint density at radius 2 is 1.92 bits per heavy atom. The average molecular weight is 443 g/mol. The van der Waals surface area contributed by atoms with Crippen LogP contribution in [0.3, 0.4) is 0 Å². The van der Waals surface area contributed by atoms with Crippen LogP contribution in [-0.4, -0.2) is 24.7 Å². The second-order valence-corrected chi connectivity index (χ2v) is 5.58. The van der Waals surface area contributed by atoms with E-state index in [4.69, 9.17) is 4.42 Å². The first-order valence-electron chi connectivity index (χ1n) is 7.90. The molecule has 0 saturated heterocycles. The van der Waals surface area contributed by atoms with Crippen molar-refractivity contribution in [1.82, 2.24) is 10.6 Å². The third-order valence-corrected chi connectivity index (χ3v) is 3.64. The lowest BCUT2D eigenvalue weighted by Crippen LogP contribution is -2.39. The Balaban J connectivity index is 0.00000288. The number of nitrogens with zero attached hydrogens (tertiary/aromatic N) is 1. The lowest BCUT2D eigenvalue weighted by molar-refractivity contribution is 0.441. The minimum absolute atomic E-state index is 0. The fraction of sp³-hybridized carbons (Fsp3) is 0.389. The normalized spacial score (nSPS) is 12.4. The highest BCUT2D eigenvalue weighted by atomic mass is 127. The summed E-state index contributed by atoms with van der Waals surface area (Å²) in [6, 6.07) is 11.3. The largest absolute Gasteiger partial charge is 0.508 e. The van der Waals surface area contributed by atoms with Crippen LogP contribution in [0, 0.1) is 6.92 Å². The number of furan rings is 1. The van der Waals surface area contributed by atoms with Crippen LogP contribution >= 0.6 is 24.0 Å². The van der Waals surface area contributed by atoms with E-state index in [1.807, 2.05) is 38.1 Å². The Morgan fingerprint density at radius 1 is 1.21 bits per heavy atom. The molecule has 0 fully saturated rings. The van der Waals surface area contributed by atoms with Crippen molar-refractivity contribution < 1.29 is 9.52 Å². The van der Waals surface area contributed by atoms with Crippen LogP contribution in [0.4, 0.5) is 0 Å². The summed E-state index contributed by atoms with van der Waals surface area (Å²) in [4.78, 5) is 4.24. The van der Waals surface area contributed by atoms with E-state index in [0.717, 1.165) is 36.9 Å². The average Bonchev–Trinajstić information content (AvgIpc) is 2.98. The highest BCUT2D eigenvalue weighted by Gasteiger charge is 2.10. The highest BCUT2D eigenvalue weighted by Crippen LogP contribution is 2.15. The maximum Gasteiger partial charge on any atom is 0.191 e. The van der Waals surface area contributed by atoms with Crippen LogP contribution in [0.2, 0.25) is 0 Å². The van der Waals surface area contributed by atoms with E-state index >= 15 is 0 Å². The zero-order chi connectivity index (χ0) is 16.7. The van der Waals surface area contributed by atoms with Crippen molar-refractivity contribution >= 4 is 29.9 Å². The lowest BCUT2D eigenvalue weighted by atomic mass is 10.1. The van der Waals surface area contributed by atoms with E-state index in [9.17, 15) is 5.11 Å². The van der Waals surface area contributed by atoms with Gasteiger partial charge in [-0.15, -0.1) is 24.0 Å². The van der Waals surface area contributed by atoms with E-state index in [1.54, 1.807) is 19.2 Å². The number of guanidine groups is 1. The quantitative estimate of drug-likeness (QED) is 0.275. The number of phenolic OH excluding ortho intramolecular Hbond substituents is 1. The number of benzene rings is 1. The van der Waals surface area contributed by atoms with Crippen molar-refractivity contribution in [3.05, 3.63) is 53.5 Å². The van der Waals surface area contributed by atoms with Gasteiger partial charge >= 0.3 is 0 Å². The van der Waals surface area contributed by atoms with Crippen molar-refractivity contribution in [2.75, 3.05) is 13.6 Å². The first-order valence-corrected chi connectivity index (χ1v) is 7.90. The topological polar surface area (TPSA) is 69.8 Å². The van der Waals surface area contributed by atoms with E-state index in [2.05, 4.69) is 15.6 Å². The van der Waals surface area contributed by atoms with Crippen LogP contribution in [0.1, 0.15) is 36.5 Å². The molecule has 2 aromatic rings. The van der Waals surface area contributed by atoms with Gasteiger partial charge in [0.25, 0.3) is 0 Å². The first-order chi connectivity index (χ1) is 11.1. The molecule has 0 aliphatic heterocycles. The predicted octanol–water partition coefficient (Wildman–Crippen LogP) is 3.77. The number of hydrogen-bond donors (Lipinski definition) is 3. The molecule has 5 nitrogen and oxygen atoms in total. The number of aryl methyl sites for hydroxylation is 2. The molecule has 0 bridgehead atoms. The van der Waals surface area contributed by atoms with Gasteiger partial charge in [0.05, 0.1) is 6.04 Å². The molecule has 0 saturated carbocycles. The summed E-state index contributed by atoms with van der Waals surface area (Å²) in [6.07, 6.45) is 1.94. The number of nitrogens with one attached hydrogen (secondary N) is 2. The summed E-state index contributed by atoms with van der Waals surface area (Å²) in [5.74, 6) is 2.87. The van der Waals surface area contributed by atoms with Gasteiger partial charge < -0.3 is 20.2 Å². The van der Waals surface area contributed by atoms with Gasteiger partial charge in [-0.2, -0.15) is 0 Å². The molecular weight excluding hydrogens is 417 g/mol. The van der Waals surface area contributed by atoms with Gasteiger partial charge in [-0.3, -0.25) is 4.99 Å². The summed E-state index contributed by atoms with van der Waals surface area (Å²) < 4.78 is 5.62. The number of aliphatic imine (C=N–C) groups is 1. The second kappa shape index (κ2) is 10.2. The molecule has 0 amide bonds. The van der Waals surface area contributed by atoms with Gasteiger partial charge in [-0.1, -0.05) is 12.1 Å². The monoisotopic (exact) mass is 443 g/mol. The molecule has 0 aliphatic rings. The number of hydrogen-bond acceptors (Lipinski definition) is 3. The molecule has 1 aromatic carbocycles. The van der Waals surface area contributed by atoms with Crippen molar-refractivity contribution in [3.63, 3.8) is 0 Å². The summed E-state index contributed by atoms with van der Waals surface area (Å²) >= 11 is 0. The van der Waals surface area contributed by atoms with Crippen molar-refractivity contribution in [2.45, 2.75) is 32.7 Å². The van der Waals surface area contributed by atoms with Crippen LogP contribution in [-0.2, 0) is 6.42 Å². The lowest BCUT2D eigenvalue weighted by Gasteiger charge is -2.16. The Bertz CT molecular complexity index is 638. The standard InChI is InChI=1S/C18H25N3O2.HI/c1-13-6-11-17(23-13)14(2)21-18(19-3)20-12-4-5-15-7-9-16(22)10-8-15;/h6-11,14,22H,4-5,12H2,1-3H3,(H2,19,20,21);1H. The Kier molecular flexibility index (Phi) is 8.67. The zero-order valence-electron chi connectivity index (χ0n) is 14.4. The van der Waals surface area contributed by atoms with Crippen LogP contribution in [0.15, 0.2) is 45.8 Å². The van der Waals surface area contributed by atoms with Crippen molar-refractivity contribution in [2.24, 2.45) is 4.99 Å². The molecular formula is C18H26IN3O2. The van der Waals surface area contributed by atoms with E-state index in [1.165, 1.54) is 5.56 Å². The molecule has 1 unspecified atom stereocenters. The molecule has 24 heavy (non-hydrogen) atoms. The molecule has 132 valence electrons. The predicted molar refractivity (Wildman–Crippen MR) is 108 cm³/mol. The molecule has 0 radical (unpaired) electrons. The van der Waals surface area contributed by atoms with Gasteiger partial charge in [0, 0.05) is 13.6 Å². The molecule has 0 aliphatic carbocycles. The molecule has 2 rings (SSSR count). The van der Waals surface area contributed by atoms with Crippen molar-refractivity contribution in [1.29, 1.82) is 0 Å². The number of phenols is 1. The van der Waals surface area contributed by atoms with Gasteiger partial charge in [0.15, 0.2) is 5.96 Å². The maximum atomic E-state index is 9.27. The number of halogens is 1. The molecule has 1 heterocycles. The fourth-order valence-corrected chi connectivity index (χ4v) is 2.32. The molecule has 1 aromatic heterocycles. The minimum atomic E-state index is 0. The third-order valence-electron chi connectivity index (χ3n) is 3.64. The van der Waals surface area contributed by atoms with Gasteiger partial charge in [0.1, 0.15) is 17.3 Å². The summed E-state index contributed by atoms with van der Waals surface area (Å²) in [5, 5.41) is 15.9. The Labute approximate surface area is 160 Å². The van der Waals surface area contributed by atoms with E-state index in [-0.39, 0.29) is 30.0 Å². The highest BCUT2D eigenvalue weighted by molar-refractivity contribution is 14.0. The Hall–Kier alpha value is -1.70. The SMILES string of the molecule is CN=C(NCCCc1ccc(O)cc1)NC(C)c1ccc(C)o1.I. The van der Waals surface area contributed by atoms with Gasteiger partial charge in [0.2, 0.25) is 0 Å². The second-order valence-electron chi connectivity index (χ2n) is 5.58. The smallest absolute Gasteiger partial charge is 0.191 e. The zero-order valence-corrected chi connectivity index (χ0v) is 16.7. The fourth-order valence-electron chi connectivity index (χ4n) is 2.32. The van der Waals surface area contributed by atoms with Crippen LogP contribution < -0.4 is 10.6 Å². The van der Waals surface area contributed by atoms with Crippen molar-refractivity contribution in [3.8, 4) is 5.75 Å². The van der Waals surface area contributed by atoms with Crippen LogP contribution in [0.5, 0.6) is 5.75 Å². The molecule has 0 spiro atoms. The summed E-state index contributed by atoms with van der Waals surface area (Å²) in [6.45, 7) is 4.80. The third kappa shape index (κ3) is 6.43. The van der Waals surface area contributed by atoms with E-state index < -0.39 is 0 Å². The van der Waals surface area contributed by atoms with Gasteiger partial charge in [-0.25, -0.2) is 0 Å². The summed E-state index contributed by atoms with van der Waals surface area (Å²) in [7, 11) is 1.76. The molecule has 1 atom stereocenters. The molecule has 6 heteroatoms. The van der Waals surface area contributed by atoms with Crippen LogP contribution in [0.25, 0.3) is 0 Å². The maximum absolute atomic E-state index is 9.27. The summed E-state index contributed by atoms with van der Waals surface area (Å²) in [5.41, 5.74) is 1.21.